The summed E-state index contributed by atoms with van der Waals surface area (Å²) in [6, 6.07) is 1.31. The maximum atomic E-state index is 3.70. The molecule has 1 aliphatic rings. The van der Waals surface area contributed by atoms with E-state index in [0.717, 1.165) is 5.92 Å². The molecule has 1 heteroatoms. The van der Waals surface area contributed by atoms with Gasteiger partial charge < -0.3 is 5.32 Å². The van der Waals surface area contributed by atoms with Crippen molar-refractivity contribution in [3.63, 3.8) is 0 Å². The zero-order valence-electron chi connectivity index (χ0n) is 9.92. The molecule has 0 aromatic carbocycles. The summed E-state index contributed by atoms with van der Waals surface area (Å²) in [6.45, 7) is 6.93. The second-order valence-corrected chi connectivity index (χ2v) is 4.78. The standard InChI is InChI=1S/C13H25N/c1-4-11(2)10-12(3)14-13-8-6-5-7-9-13/h6,8,11-14H,4-5,7,9-10H2,1-3H3. The van der Waals surface area contributed by atoms with E-state index < -0.39 is 0 Å². The summed E-state index contributed by atoms with van der Waals surface area (Å²) < 4.78 is 0. The average molecular weight is 195 g/mol. The van der Waals surface area contributed by atoms with E-state index in [-0.39, 0.29) is 0 Å². The lowest BCUT2D eigenvalue weighted by atomic mass is 9.97. The van der Waals surface area contributed by atoms with E-state index in [1.807, 2.05) is 0 Å². The molecule has 0 fully saturated rings. The van der Waals surface area contributed by atoms with E-state index in [9.17, 15) is 0 Å². The Bertz CT molecular complexity index is 174. The first kappa shape index (κ1) is 11.8. The third-order valence-corrected chi connectivity index (χ3v) is 3.21. The first-order chi connectivity index (χ1) is 6.72. The van der Waals surface area contributed by atoms with Gasteiger partial charge in [-0.25, -0.2) is 0 Å². The molecule has 1 nitrogen and oxygen atoms in total. The molecule has 1 rings (SSSR count). The highest BCUT2D eigenvalue weighted by molar-refractivity contribution is 4.98. The Kier molecular flexibility index (Phi) is 5.24. The average Bonchev–Trinajstić information content (AvgIpc) is 2.19. The predicted octanol–water partition coefficient (Wildman–Crippen LogP) is 3.51. The summed E-state index contributed by atoms with van der Waals surface area (Å²) >= 11 is 0. The SMILES string of the molecule is CCC(C)CC(C)NC1C=CCCC1. The minimum atomic E-state index is 0.641. The van der Waals surface area contributed by atoms with Gasteiger partial charge in [-0.05, 0) is 38.5 Å². The first-order valence-corrected chi connectivity index (χ1v) is 6.15. The van der Waals surface area contributed by atoms with Crippen LogP contribution >= 0.6 is 0 Å². The first-order valence-electron chi connectivity index (χ1n) is 6.15. The number of nitrogens with one attached hydrogen (secondary N) is 1. The van der Waals surface area contributed by atoms with Crippen LogP contribution in [0.3, 0.4) is 0 Å². The van der Waals surface area contributed by atoms with Crippen molar-refractivity contribution in [2.75, 3.05) is 0 Å². The zero-order valence-corrected chi connectivity index (χ0v) is 9.92. The Morgan fingerprint density at radius 2 is 2.21 bits per heavy atom. The Labute approximate surface area is 89.0 Å². The fourth-order valence-electron chi connectivity index (χ4n) is 2.15. The van der Waals surface area contributed by atoms with Gasteiger partial charge in [0.1, 0.15) is 0 Å². The highest BCUT2D eigenvalue weighted by Gasteiger charge is 2.12. The molecule has 0 saturated carbocycles. The minimum Gasteiger partial charge on any atom is -0.308 e. The van der Waals surface area contributed by atoms with Crippen LogP contribution < -0.4 is 5.32 Å². The van der Waals surface area contributed by atoms with E-state index in [4.69, 9.17) is 0 Å². The van der Waals surface area contributed by atoms with Gasteiger partial charge in [0.05, 0.1) is 0 Å². The second-order valence-electron chi connectivity index (χ2n) is 4.78. The number of rotatable bonds is 5. The van der Waals surface area contributed by atoms with Crippen LogP contribution in [0.25, 0.3) is 0 Å². The van der Waals surface area contributed by atoms with Gasteiger partial charge in [0.15, 0.2) is 0 Å². The van der Waals surface area contributed by atoms with E-state index in [2.05, 4.69) is 38.2 Å². The molecule has 1 N–H and O–H groups in total. The van der Waals surface area contributed by atoms with Crippen molar-refractivity contribution in [3.8, 4) is 0 Å². The summed E-state index contributed by atoms with van der Waals surface area (Å²) in [7, 11) is 0. The number of allylic oxidation sites excluding steroid dienone is 1. The molecule has 14 heavy (non-hydrogen) atoms. The van der Waals surface area contributed by atoms with Gasteiger partial charge >= 0.3 is 0 Å². The molecule has 3 atom stereocenters. The van der Waals surface area contributed by atoms with Gasteiger partial charge in [-0.2, -0.15) is 0 Å². The van der Waals surface area contributed by atoms with Crippen LogP contribution in [0.4, 0.5) is 0 Å². The molecule has 0 heterocycles. The highest BCUT2D eigenvalue weighted by atomic mass is 14.9. The Morgan fingerprint density at radius 3 is 2.79 bits per heavy atom. The molecule has 0 aromatic rings. The molecule has 0 aromatic heterocycles. The van der Waals surface area contributed by atoms with Crippen LogP contribution in [0.5, 0.6) is 0 Å². The molecule has 0 spiro atoms. The van der Waals surface area contributed by atoms with Gasteiger partial charge in [-0.3, -0.25) is 0 Å². The lowest BCUT2D eigenvalue weighted by molar-refractivity contribution is 0.380. The molecular formula is C13H25N. The number of hydrogen-bond acceptors (Lipinski definition) is 1. The second kappa shape index (κ2) is 6.23. The zero-order chi connectivity index (χ0) is 10.4. The fourth-order valence-corrected chi connectivity index (χ4v) is 2.15. The molecule has 1 aliphatic carbocycles. The van der Waals surface area contributed by atoms with Crippen molar-refractivity contribution in [1.29, 1.82) is 0 Å². The van der Waals surface area contributed by atoms with Crippen molar-refractivity contribution < 1.29 is 0 Å². The minimum absolute atomic E-state index is 0.641. The third-order valence-electron chi connectivity index (χ3n) is 3.21. The monoisotopic (exact) mass is 195 g/mol. The van der Waals surface area contributed by atoms with E-state index >= 15 is 0 Å². The van der Waals surface area contributed by atoms with Crippen molar-refractivity contribution >= 4 is 0 Å². The molecule has 3 unspecified atom stereocenters. The largest absolute Gasteiger partial charge is 0.308 e. The molecule has 0 amide bonds. The molecule has 0 aliphatic heterocycles. The molecule has 0 bridgehead atoms. The quantitative estimate of drug-likeness (QED) is 0.662. The Morgan fingerprint density at radius 1 is 1.43 bits per heavy atom. The van der Waals surface area contributed by atoms with Gasteiger partial charge in [0, 0.05) is 12.1 Å². The van der Waals surface area contributed by atoms with Crippen LogP contribution in [0, 0.1) is 5.92 Å². The van der Waals surface area contributed by atoms with E-state index in [1.165, 1.54) is 32.1 Å². The van der Waals surface area contributed by atoms with Gasteiger partial charge in [-0.15, -0.1) is 0 Å². The summed E-state index contributed by atoms with van der Waals surface area (Å²) in [5.41, 5.74) is 0. The fraction of sp³-hybridized carbons (Fsp3) is 0.846. The Hall–Kier alpha value is -0.300. The predicted molar refractivity (Wildman–Crippen MR) is 63.4 cm³/mol. The molecule has 0 saturated heterocycles. The maximum absolute atomic E-state index is 3.70. The van der Waals surface area contributed by atoms with Gasteiger partial charge in [0.25, 0.3) is 0 Å². The van der Waals surface area contributed by atoms with Crippen LogP contribution in [-0.4, -0.2) is 12.1 Å². The lowest BCUT2D eigenvalue weighted by Gasteiger charge is -2.24. The molecule has 82 valence electrons. The van der Waals surface area contributed by atoms with Gasteiger partial charge in [-0.1, -0.05) is 32.4 Å². The highest BCUT2D eigenvalue weighted by Crippen LogP contribution is 2.14. The Balaban J connectivity index is 2.21. The number of hydrogen-bond donors (Lipinski definition) is 1. The van der Waals surface area contributed by atoms with Crippen LogP contribution in [0.2, 0.25) is 0 Å². The van der Waals surface area contributed by atoms with E-state index in [1.54, 1.807) is 0 Å². The van der Waals surface area contributed by atoms with Crippen LogP contribution in [0.15, 0.2) is 12.2 Å². The molecular weight excluding hydrogens is 170 g/mol. The summed E-state index contributed by atoms with van der Waals surface area (Å²) in [5, 5.41) is 3.70. The maximum Gasteiger partial charge on any atom is 0.0252 e. The third kappa shape index (κ3) is 4.28. The summed E-state index contributed by atoms with van der Waals surface area (Å²) in [6.07, 6.45) is 11.2. The summed E-state index contributed by atoms with van der Waals surface area (Å²) in [4.78, 5) is 0. The normalized spacial score (nSPS) is 26.1. The topological polar surface area (TPSA) is 12.0 Å². The van der Waals surface area contributed by atoms with Crippen molar-refractivity contribution in [1.82, 2.24) is 5.32 Å². The lowest BCUT2D eigenvalue weighted by Crippen LogP contribution is -2.36. The van der Waals surface area contributed by atoms with Crippen molar-refractivity contribution in [2.24, 2.45) is 5.92 Å². The van der Waals surface area contributed by atoms with Gasteiger partial charge in [0.2, 0.25) is 0 Å². The van der Waals surface area contributed by atoms with Crippen LogP contribution in [0.1, 0.15) is 52.9 Å². The molecule has 0 radical (unpaired) electrons. The van der Waals surface area contributed by atoms with E-state index in [0.29, 0.717) is 12.1 Å². The van der Waals surface area contributed by atoms with Crippen molar-refractivity contribution in [2.45, 2.75) is 65.0 Å². The van der Waals surface area contributed by atoms with Crippen molar-refractivity contribution in [3.05, 3.63) is 12.2 Å². The summed E-state index contributed by atoms with van der Waals surface area (Å²) in [5.74, 6) is 0.852. The smallest absolute Gasteiger partial charge is 0.0252 e. The van der Waals surface area contributed by atoms with Crippen LogP contribution in [-0.2, 0) is 0 Å².